The van der Waals surface area contributed by atoms with E-state index in [4.69, 9.17) is 60.7 Å². The summed E-state index contributed by atoms with van der Waals surface area (Å²) in [5, 5.41) is 3.81. The van der Waals surface area contributed by atoms with Gasteiger partial charge in [-0.2, -0.15) is 0 Å². The molecule has 0 atom stereocenters. The average molecular weight is 455 g/mol. The maximum atomic E-state index is 5.98. The van der Waals surface area contributed by atoms with Crippen LogP contribution in [0.25, 0.3) is 0 Å². The smallest absolute Gasteiger partial charge is 0.138 e. The van der Waals surface area contributed by atoms with Crippen LogP contribution in [0.1, 0.15) is 31.4 Å². The first-order valence-corrected chi connectivity index (χ1v) is 10.1. The SMILES string of the molecule is CCc1cc(OCC=C(Cl)Cl)cc(CC)c1OCCC=NOCC=C(Cl)Cl. The summed E-state index contributed by atoms with van der Waals surface area (Å²) in [5.74, 6) is 1.66. The molecular weight excluding hydrogens is 432 g/mol. The van der Waals surface area contributed by atoms with Gasteiger partial charge in [0.15, 0.2) is 0 Å². The molecule has 0 aliphatic rings. The number of hydrogen-bond acceptors (Lipinski definition) is 4. The van der Waals surface area contributed by atoms with Crippen molar-refractivity contribution in [3.8, 4) is 11.5 Å². The van der Waals surface area contributed by atoms with Gasteiger partial charge in [0.25, 0.3) is 0 Å². The quantitative estimate of drug-likeness (QED) is 0.203. The highest BCUT2D eigenvalue weighted by Gasteiger charge is 2.11. The second kappa shape index (κ2) is 14.0. The molecule has 0 aliphatic carbocycles. The molecule has 0 amide bonds. The minimum Gasteiger partial charge on any atom is -0.493 e. The van der Waals surface area contributed by atoms with Crippen molar-refractivity contribution in [1.29, 1.82) is 0 Å². The minimum atomic E-state index is 0.155. The van der Waals surface area contributed by atoms with Crippen LogP contribution in [-0.4, -0.2) is 26.0 Å². The fourth-order valence-electron chi connectivity index (χ4n) is 2.18. The number of ether oxygens (including phenoxy) is 2. The number of rotatable bonds is 12. The molecule has 0 fully saturated rings. The lowest BCUT2D eigenvalue weighted by Gasteiger charge is -2.16. The molecule has 1 aromatic carbocycles. The molecule has 0 radical (unpaired) electrons. The molecule has 150 valence electrons. The Kier molecular flexibility index (Phi) is 12.4. The molecule has 0 saturated heterocycles. The molecule has 0 saturated carbocycles. The van der Waals surface area contributed by atoms with Crippen molar-refractivity contribution in [3.63, 3.8) is 0 Å². The number of benzene rings is 1. The van der Waals surface area contributed by atoms with E-state index >= 15 is 0 Å². The van der Waals surface area contributed by atoms with E-state index in [1.54, 1.807) is 12.3 Å². The minimum absolute atomic E-state index is 0.155. The lowest BCUT2D eigenvalue weighted by molar-refractivity contribution is 0.175. The Labute approximate surface area is 180 Å². The molecule has 0 heterocycles. The van der Waals surface area contributed by atoms with Crippen LogP contribution in [0.2, 0.25) is 0 Å². The van der Waals surface area contributed by atoms with Crippen LogP contribution in [0, 0.1) is 0 Å². The van der Waals surface area contributed by atoms with Crippen molar-refractivity contribution in [2.75, 3.05) is 19.8 Å². The van der Waals surface area contributed by atoms with Crippen molar-refractivity contribution in [3.05, 3.63) is 44.4 Å². The monoisotopic (exact) mass is 453 g/mol. The molecule has 0 N–H and O–H groups in total. The predicted molar refractivity (Wildman–Crippen MR) is 115 cm³/mol. The fourth-order valence-corrected chi connectivity index (χ4v) is 2.43. The first kappa shape index (κ1) is 24.0. The van der Waals surface area contributed by atoms with Crippen molar-refractivity contribution in [1.82, 2.24) is 0 Å². The number of nitrogens with zero attached hydrogens (tertiary/aromatic N) is 1. The van der Waals surface area contributed by atoms with Crippen LogP contribution < -0.4 is 9.47 Å². The first-order valence-electron chi connectivity index (χ1n) is 8.55. The van der Waals surface area contributed by atoms with Crippen molar-refractivity contribution in [2.45, 2.75) is 33.1 Å². The Morgan fingerprint density at radius 3 is 2.07 bits per heavy atom. The Morgan fingerprint density at radius 2 is 1.52 bits per heavy atom. The lowest BCUT2D eigenvalue weighted by Crippen LogP contribution is -2.05. The zero-order valence-electron chi connectivity index (χ0n) is 15.3. The summed E-state index contributed by atoms with van der Waals surface area (Å²) in [4.78, 5) is 4.99. The summed E-state index contributed by atoms with van der Waals surface area (Å²) in [7, 11) is 0. The summed E-state index contributed by atoms with van der Waals surface area (Å²) in [6.07, 6.45) is 7.03. The van der Waals surface area contributed by atoms with Gasteiger partial charge in [-0.25, -0.2) is 0 Å². The van der Waals surface area contributed by atoms with Gasteiger partial charge in [-0.15, -0.1) is 0 Å². The van der Waals surface area contributed by atoms with E-state index < -0.39 is 0 Å². The van der Waals surface area contributed by atoms with Gasteiger partial charge >= 0.3 is 0 Å². The number of hydrogen-bond donors (Lipinski definition) is 0. The van der Waals surface area contributed by atoms with Crippen LogP contribution in [0.15, 0.2) is 38.4 Å². The van der Waals surface area contributed by atoms with Crippen molar-refractivity contribution < 1.29 is 14.3 Å². The number of aryl methyl sites for hydroxylation is 2. The zero-order chi connectivity index (χ0) is 20.1. The van der Waals surface area contributed by atoms with Crippen LogP contribution in [0.3, 0.4) is 0 Å². The highest BCUT2D eigenvalue weighted by molar-refractivity contribution is 6.56. The average Bonchev–Trinajstić information content (AvgIpc) is 2.63. The third-order valence-electron chi connectivity index (χ3n) is 3.42. The van der Waals surface area contributed by atoms with Gasteiger partial charge in [-0.1, -0.05) is 65.4 Å². The summed E-state index contributed by atoms with van der Waals surface area (Å²) in [5.41, 5.74) is 2.17. The normalized spacial score (nSPS) is 10.6. The number of halogens is 4. The Hall–Kier alpha value is -1.07. The second-order valence-corrected chi connectivity index (χ2v) is 7.31. The van der Waals surface area contributed by atoms with Gasteiger partial charge in [0.05, 0.1) is 6.61 Å². The Bertz CT molecular complexity index is 642. The van der Waals surface area contributed by atoms with Gasteiger partial charge < -0.3 is 14.3 Å². The molecule has 0 aliphatic heterocycles. The highest BCUT2D eigenvalue weighted by atomic mass is 35.5. The van der Waals surface area contributed by atoms with E-state index in [-0.39, 0.29) is 15.6 Å². The fraction of sp³-hybridized carbons (Fsp3) is 0.421. The summed E-state index contributed by atoms with van der Waals surface area (Å²) >= 11 is 22.1. The maximum absolute atomic E-state index is 5.98. The van der Waals surface area contributed by atoms with E-state index in [1.807, 2.05) is 12.1 Å². The molecule has 0 spiro atoms. The highest BCUT2D eigenvalue weighted by Crippen LogP contribution is 2.31. The zero-order valence-corrected chi connectivity index (χ0v) is 18.3. The first-order chi connectivity index (χ1) is 13.0. The lowest BCUT2D eigenvalue weighted by atomic mass is 10.0. The van der Waals surface area contributed by atoms with E-state index in [0.717, 1.165) is 35.5 Å². The van der Waals surface area contributed by atoms with Gasteiger partial charge in [0.1, 0.15) is 33.7 Å². The molecule has 8 heteroatoms. The standard InChI is InChI=1S/C19H23Cl4NO3/c1-3-14-12-16(25-10-6-17(20)21)13-15(4-2)19(14)26-9-5-8-24-27-11-7-18(22)23/h6-8,12-13H,3-5,9-11H2,1-2H3. The summed E-state index contributed by atoms with van der Waals surface area (Å²) in [6, 6.07) is 3.95. The Morgan fingerprint density at radius 1 is 0.926 bits per heavy atom. The van der Waals surface area contributed by atoms with Gasteiger partial charge in [-0.3, -0.25) is 0 Å². The molecule has 4 nitrogen and oxygen atoms in total. The third-order valence-corrected chi connectivity index (χ3v) is 4.04. The predicted octanol–water partition coefficient (Wildman–Crippen LogP) is 6.60. The topological polar surface area (TPSA) is 40.0 Å². The van der Waals surface area contributed by atoms with Crippen LogP contribution in [-0.2, 0) is 17.7 Å². The molecule has 0 aromatic heterocycles. The van der Waals surface area contributed by atoms with Crippen LogP contribution in [0.5, 0.6) is 11.5 Å². The van der Waals surface area contributed by atoms with E-state index in [9.17, 15) is 0 Å². The molecule has 0 unspecified atom stereocenters. The van der Waals surface area contributed by atoms with Gasteiger partial charge in [0, 0.05) is 12.6 Å². The maximum Gasteiger partial charge on any atom is 0.138 e. The van der Waals surface area contributed by atoms with Gasteiger partial charge in [0.2, 0.25) is 0 Å². The Balaban J connectivity index is 2.64. The van der Waals surface area contributed by atoms with Crippen LogP contribution in [0.4, 0.5) is 0 Å². The summed E-state index contributed by atoms with van der Waals surface area (Å²) in [6.45, 7) is 5.18. The summed E-state index contributed by atoms with van der Waals surface area (Å²) < 4.78 is 12.0. The molecule has 1 aromatic rings. The molecule has 0 bridgehead atoms. The second-order valence-electron chi connectivity index (χ2n) is 5.30. The van der Waals surface area contributed by atoms with Crippen molar-refractivity contribution in [2.24, 2.45) is 5.16 Å². The third kappa shape index (κ3) is 10.2. The molecule has 1 rings (SSSR count). The van der Waals surface area contributed by atoms with Crippen molar-refractivity contribution >= 4 is 52.6 Å². The molecule has 27 heavy (non-hydrogen) atoms. The van der Waals surface area contributed by atoms with E-state index in [0.29, 0.717) is 19.6 Å². The largest absolute Gasteiger partial charge is 0.493 e. The number of oxime groups is 1. The van der Waals surface area contributed by atoms with Gasteiger partial charge in [-0.05, 0) is 48.3 Å². The van der Waals surface area contributed by atoms with Crippen LogP contribution >= 0.6 is 46.4 Å². The molecular formula is C19H23Cl4NO3. The van der Waals surface area contributed by atoms with E-state index in [1.165, 1.54) is 6.08 Å². The van der Waals surface area contributed by atoms with E-state index in [2.05, 4.69) is 19.0 Å².